The Morgan fingerprint density at radius 3 is 2.58 bits per heavy atom. The van der Waals surface area contributed by atoms with Crippen molar-refractivity contribution in [3.63, 3.8) is 0 Å². The summed E-state index contributed by atoms with van der Waals surface area (Å²) in [6, 6.07) is 15.1. The van der Waals surface area contributed by atoms with Gasteiger partial charge in [-0.25, -0.2) is 9.79 Å². The summed E-state index contributed by atoms with van der Waals surface area (Å²) in [5.74, 6) is 0.471. The number of para-hydroxylation sites is 1. The van der Waals surface area contributed by atoms with E-state index in [0.29, 0.717) is 57.2 Å². The van der Waals surface area contributed by atoms with Gasteiger partial charge in [-0.1, -0.05) is 70.4 Å². The number of carbonyl (C=O) groups excluding carboxylic acids is 1. The number of aromatic nitrogens is 1. The summed E-state index contributed by atoms with van der Waals surface area (Å²) in [5.41, 5.74) is 2.32. The highest BCUT2D eigenvalue weighted by atomic mass is 79.9. The summed E-state index contributed by atoms with van der Waals surface area (Å²) in [4.78, 5) is 32.7. The molecular formula is C33H28BrCl3N2O5S. The van der Waals surface area contributed by atoms with Gasteiger partial charge in [-0.15, -0.1) is 0 Å². The van der Waals surface area contributed by atoms with Crippen LogP contribution in [0.3, 0.4) is 0 Å². The molecule has 0 fully saturated rings. The largest absolute Gasteiger partial charge is 0.491 e. The maximum absolute atomic E-state index is 14.3. The van der Waals surface area contributed by atoms with Gasteiger partial charge in [0.05, 0.1) is 33.0 Å². The summed E-state index contributed by atoms with van der Waals surface area (Å²) in [6.45, 7) is 7.62. The van der Waals surface area contributed by atoms with E-state index in [4.69, 9.17) is 49.0 Å². The Morgan fingerprint density at radius 2 is 1.87 bits per heavy atom. The van der Waals surface area contributed by atoms with Gasteiger partial charge in [-0.05, 0) is 80.0 Å². The smallest absolute Gasteiger partial charge is 0.338 e. The van der Waals surface area contributed by atoms with Gasteiger partial charge in [0.25, 0.3) is 5.56 Å². The number of carbonyl (C=O) groups is 1. The zero-order chi connectivity index (χ0) is 32.4. The van der Waals surface area contributed by atoms with Gasteiger partial charge in [-0.2, -0.15) is 0 Å². The van der Waals surface area contributed by atoms with Crippen LogP contribution < -0.4 is 24.4 Å². The molecule has 1 aromatic heterocycles. The Kier molecular flexibility index (Phi) is 10.5. The Balaban J connectivity index is 1.67. The number of esters is 1. The molecule has 5 rings (SSSR count). The van der Waals surface area contributed by atoms with Crippen LogP contribution in [-0.2, 0) is 16.1 Å². The molecule has 0 amide bonds. The molecule has 0 aliphatic carbocycles. The Bertz CT molecular complexity index is 2000. The van der Waals surface area contributed by atoms with E-state index in [-0.39, 0.29) is 30.5 Å². The molecule has 0 bridgehead atoms. The zero-order valence-corrected chi connectivity index (χ0v) is 29.4. The van der Waals surface area contributed by atoms with Gasteiger partial charge in [0.1, 0.15) is 24.1 Å². The monoisotopic (exact) mass is 748 g/mol. The van der Waals surface area contributed by atoms with E-state index in [1.807, 2.05) is 38.1 Å². The molecule has 0 unspecified atom stereocenters. The molecule has 12 heteroatoms. The van der Waals surface area contributed by atoms with Crippen LogP contribution in [0.2, 0.25) is 15.1 Å². The third kappa shape index (κ3) is 7.18. The molecule has 0 saturated heterocycles. The van der Waals surface area contributed by atoms with Gasteiger partial charge in [0.2, 0.25) is 0 Å². The molecule has 0 radical (unpaired) electrons. The Morgan fingerprint density at radius 1 is 1.11 bits per heavy atom. The average Bonchev–Trinajstić information content (AvgIpc) is 3.26. The van der Waals surface area contributed by atoms with E-state index in [1.54, 1.807) is 50.3 Å². The van der Waals surface area contributed by atoms with E-state index >= 15 is 0 Å². The summed E-state index contributed by atoms with van der Waals surface area (Å²) in [6.07, 6.45) is 1.57. The third-order valence-electron chi connectivity index (χ3n) is 6.80. The fraction of sp³-hybridized carbons (Fsp3) is 0.242. The first-order chi connectivity index (χ1) is 21.5. The predicted octanol–water partition coefficient (Wildman–Crippen LogP) is 7.89. The van der Waals surface area contributed by atoms with Gasteiger partial charge < -0.3 is 14.2 Å². The first-order valence-electron chi connectivity index (χ1n) is 14.0. The molecule has 0 saturated carbocycles. The molecule has 1 atom stereocenters. The number of nitrogens with zero attached hydrogens (tertiary/aromatic N) is 2. The average molecular weight is 751 g/mol. The first-order valence-corrected chi connectivity index (χ1v) is 16.7. The molecule has 1 aliphatic rings. The standard InChI is InChI=1S/C33H28BrCl3N2O5S/c1-5-42-32(41)28-18(4)38-33-39(29(28)23-8-6-7-9-26(23)44-17(2)3)31(40)27(45-33)13-20-12-22(36)14-24(34)30(20)43-16-19-10-11-21(35)15-25(19)37/h6-15,17,29H,5,16H2,1-4H3/b27-13-/t29-/m1/s1. The molecule has 3 aromatic carbocycles. The van der Waals surface area contributed by atoms with Crippen LogP contribution in [0.5, 0.6) is 11.5 Å². The van der Waals surface area contributed by atoms with Gasteiger partial charge in [0, 0.05) is 31.8 Å². The summed E-state index contributed by atoms with van der Waals surface area (Å²) in [7, 11) is 0. The quantitative estimate of drug-likeness (QED) is 0.163. The number of fused-ring (bicyclic) bond motifs is 1. The number of rotatable bonds is 9. The molecular weight excluding hydrogens is 723 g/mol. The summed E-state index contributed by atoms with van der Waals surface area (Å²) < 4.78 is 20.2. The van der Waals surface area contributed by atoms with Crippen LogP contribution in [0.25, 0.3) is 6.08 Å². The second-order valence-corrected chi connectivity index (χ2v) is 13.5. The fourth-order valence-corrected chi connectivity index (χ4v) is 7.37. The molecule has 0 N–H and O–H groups in total. The van der Waals surface area contributed by atoms with E-state index in [2.05, 4.69) is 20.9 Å². The molecule has 234 valence electrons. The van der Waals surface area contributed by atoms with Gasteiger partial charge in [-0.3, -0.25) is 9.36 Å². The zero-order valence-electron chi connectivity index (χ0n) is 24.7. The van der Waals surface area contributed by atoms with Gasteiger partial charge in [0.15, 0.2) is 4.80 Å². The maximum Gasteiger partial charge on any atom is 0.338 e. The second-order valence-electron chi connectivity index (χ2n) is 10.3. The first kappa shape index (κ1) is 33.3. The van der Waals surface area contributed by atoms with Crippen molar-refractivity contribution >= 4 is 74.1 Å². The maximum atomic E-state index is 14.3. The third-order valence-corrected chi connectivity index (χ3v) is 9.18. The van der Waals surface area contributed by atoms with Crippen molar-refractivity contribution in [2.75, 3.05) is 6.61 Å². The number of benzene rings is 3. The lowest BCUT2D eigenvalue weighted by Gasteiger charge is -2.26. The number of ether oxygens (including phenoxy) is 3. The molecule has 45 heavy (non-hydrogen) atoms. The Hall–Kier alpha value is -3.08. The van der Waals surface area contributed by atoms with Crippen LogP contribution in [0, 0.1) is 0 Å². The minimum absolute atomic E-state index is 0.138. The number of hydrogen-bond donors (Lipinski definition) is 0. The van der Waals surface area contributed by atoms with Crippen LogP contribution >= 0.6 is 62.1 Å². The highest BCUT2D eigenvalue weighted by Gasteiger charge is 2.35. The topological polar surface area (TPSA) is 79.1 Å². The minimum Gasteiger partial charge on any atom is -0.491 e. The molecule has 2 heterocycles. The van der Waals surface area contributed by atoms with E-state index in [1.165, 1.54) is 15.9 Å². The lowest BCUT2D eigenvalue weighted by Crippen LogP contribution is -2.40. The van der Waals surface area contributed by atoms with E-state index < -0.39 is 12.0 Å². The highest BCUT2D eigenvalue weighted by Crippen LogP contribution is 2.37. The highest BCUT2D eigenvalue weighted by molar-refractivity contribution is 9.10. The predicted molar refractivity (Wildman–Crippen MR) is 183 cm³/mol. The van der Waals surface area contributed by atoms with Crippen molar-refractivity contribution in [1.82, 2.24) is 4.57 Å². The minimum atomic E-state index is -0.828. The van der Waals surface area contributed by atoms with Crippen LogP contribution in [0.4, 0.5) is 0 Å². The molecule has 0 spiro atoms. The van der Waals surface area contributed by atoms with Gasteiger partial charge >= 0.3 is 5.97 Å². The molecule has 4 aromatic rings. The van der Waals surface area contributed by atoms with Crippen LogP contribution in [0.1, 0.15) is 50.4 Å². The number of hydrogen-bond acceptors (Lipinski definition) is 7. The van der Waals surface area contributed by atoms with E-state index in [9.17, 15) is 9.59 Å². The summed E-state index contributed by atoms with van der Waals surface area (Å²) >= 11 is 23.6. The van der Waals surface area contributed by atoms with E-state index in [0.717, 1.165) is 5.56 Å². The lowest BCUT2D eigenvalue weighted by atomic mass is 9.95. The van der Waals surface area contributed by atoms with Crippen LogP contribution in [-0.4, -0.2) is 23.2 Å². The van der Waals surface area contributed by atoms with Crippen molar-refractivity contribution in [1.29, 1.82) is 0 Å². The normalized spacial score (nSPS) is 14.8. The second kappa shape index (κ2) is 14.1. The number of allylic oxidation sites excluding steroid dienone is 1. The Labute approximate surface area is 287 Å². The van der Waals surface area contributed by atoms with Crippen molar-refractivity contribution in [2.45, 2.75) is 46.4 Å². The number of thiazole rings is 1. The van der Waals surface area contributed by atoms with Crippen molar-refractivity contribution in [3.05, 3.63) is 122 Å². The van der Waals surface area contributed by atoms with Crippen LogP contribution in [0.15, 0.2) is 80.1 Å². The van der Waals surface area contributed by atoms with Crippen molar-refractivity contribution in [2.24, 2.45) is 4.99 Å². The SMILES string of the molecule is CCOC(=O)C1=C(C)N=c2s/c(=C\c3cc(Cl)cc(Br)c3OCc3ccc(Cl)cc3Cl)c(=O)n2[C@@H]1c1ccccc1OC(C)C. The number of halogens is 4. The van der Waals surface area contributed by atoms with Crippen molar-refractivity contribution in [3.8, 4) is 11.5 Å². The molecule has 1 aliphatic heterocycles. The summed E-state index contributed by atoms with van der Waals surface area (Å²) in [5, 5.41) is 1.43. The lowest BCUT2D eigenvalue weighted by molar-refractivity contribution is -0.139. The van der Waals surface area contributed by atoms with Crippen molar-refractivity contribution < 1.29 is 19.0 Å². The molecule has 7 nitrogen and oxygen atoms in total. The fourth-order valence-electron chi connectivity index (χ4n) is 4.92.